The minimum Gasteiger partial charge on any atom is -0.358 e. The number of rotatable bonds is 2. The fourth-order valence-corrected chi connectivity index (χ4v) is 5.94. The SMILES string of the molecule is Cc1[nH]c2ccc(Br)cc2c(=O)c1CN1CC2(C)CC1CC(C)(C)C2. The molecule has 2 aromatic rings. The van der Waals surface area contributed by atoms with Crippen LogP contribution in [0, 0.1) is 17.8 Å². The number of hydrogen-bond acceptors (Lipinski definition) is 2. The van der Waals surface area contributed by atoms with Gasteiger partial charge in [0.15, 0.2) is 5.43 Å². The van der Waals surface area contributed by atoms with Gasteiger partial charge >= 0.3 is 0 Å². The van der Waals surface area contributed by atoms with Gasteiger partial charge in [-0.2, -0.15) is 0 Å². The maximum atomic E-state index is 13.1. The van der Waals surface area contributed by atoms with Crippen LogP contribution in [0.25, 0.3) is 10.9 Å². The van der Waals surface area contributed by atoms with E-state index in [9.17, 15) is 4.79 Å². The maximum Gasteiger partial charge on any atom is 0.194 e. The lowest BCUT2D eigenvalue weighted by atomic mass is 9.65. The van der Waals surface area contributed by atoms with E-state index in [1.54, 1.807) is 0 Å². The van der Waals surface area contributed by atoms with Crippen LogP contribution in [0.5, 0.6) is 0 Å². The molecule has 0 radical (unpaired) electrons. The van der Waals surface area contributed by atoms with E-state index in [1.807, 2.05) is 25.1 Å². The number of nitrogens with zero attached hydrogens (tertiary/aromatic N) is 1. The first-order chi connectivity index (χ1) is 11.7. The monoisotopic (exact) mass is 402 g/mol. The van der Waals surface area contributed by atoms with Crippen molar-refractivity contribution in [2.24, 2.45) is 10.8 Å². The zero-order valence-corrected chi connectivity index (χ0v) is 17.2. The van der Waals surface area contributed by atoms with Crippen molar-refractivity contribution in [1.82, 2.24) is 9.88 Å². The molecule has 1 aromatic carbocycles. The number of aryl methyl sites for hydroxylation is 1. The molecular formula is C21H27BrN2O. The molecule has 1 saturated heterocycles. The quantitative estimate of drug-likeness (QED) is 0.766. The number of aromatic amines is 1. The average Bonchev–Trinajstić information content (AvgIpc) is 2.73. The molecule has 134 valence electrons. The standard InChI is InChI=1S/C21H27BrN2O/c1-13-17(19(25)16-7-14(22)5-6-18(16)23-13)10-24-12-21(4)9-15(24)8-20(2,3)11-21/h5-7,15H,8-12H2,1-4H3,(H,23,25). The molecule has 2 atom stereocenters. The lowest BCUT2D eigenvalue weighted by molar-refractivity contribution is 0.126. The van der Waals surface area contributed by atoms with Gasteiger partial charge in [-0.15, -0.1) is 0 Å². The van der Waals surface area contributed by atoms with Gasteiger partial charge in [0.25, 0.3) is 0 Å². The van der Waals surface area contributed by atoms with E-state index in [4.69, 9.17) is 0 Å². The first-order valence-corrected chi connectivity index (χ1v) is 10.0. The van der Waals surface area contributed by atoms with Crippen LogP contribution < -0.4 is 5.43 Å². The van der Waals surface area contributed by atoms with Crippen LogP contribution in [0.2, 0.25) is 0 Å². The van der Waals surface area contributed by atoms with E-state index in [0.717, 1.165) is 39.7 Å². The second-order valence-electron chi connectivity index (χ2n) is 9.37. The number of fused-ring (bicyclic) bond motifs is 3. The van der Waals surface area contributed by atoms with Gasteiger partial charge in [-0.25, -0.2) is 0 Å². The third kappa shape index (κ3) is 3.08. The van der Waals surface area contributed by atoms with Crippen LogP contribution >= 0.6 is 15.9 Å². The summed E-state index contributed by atoms with van der Waals surface area (Å²) in [5, 5.41) is 0.781. The molecule has 2 unspecified atom stereocenters. The third-order valence-electron chi connectivity index (χ3n) is 6.16. The van der Waals surface area contributed by atoms with Gasteiger partial charge in [-0.3, -0.25) is 9.69 Å². The molecule has 1 aliphatic carbocycles. The van der Waals surface area contributed by atoms with E-state index >= 15 is 0 Å². The van der Waals surface area contributed by atoms with Crippen LogP contribution in [-0.2, 0) is 6.54 Å². The van der Waals surface area contributed by atoms with Crippen LogP contribution in [-0.4, -0.2) is 22.5 Å². The Labute approximate surface area is 157 Å². The molecule has 2 fully saturated rings. The Kier molecular flexibility index (Phi) is 3.93. The van der Waals surface area contributed by atoms with Crippen molar-refractivity contribution in [3.63, 3.8) is 0 Å². The number of nitrogens with one attached hydrogen (secondary N) is 1. The molecule has 2 bridgehead atoms. The van der Waals surface area contributed by atoms with Gasteiger partial charge in [-0.05, 0) is 55.2 Å². The number of aromatic nitrogens is 1. The largest absolute Gasteiger partial charge is 0.358 e. The van der Waals surface area contributed by atoms with Crippen molar-refractivity contribution in [2.45, 2.75) is 59.5 Å². The predicted molar refractivity (Wildman–Crippen MR) is 107 cm³/mol. The topological polar surface area (TPSA) is 36.1 Å². The van der Waals surface area contributed by atoms with Crippen molar-refractivity contribution in [1.29, 1.82) is 0 Å². The molecule has 4 rings (SSSR count). The fraction of sp³-hybridized carbons (Fsp3) is 0.571. The highest BCUT2D eigenvalue weighted by molar-refractivity contribution is 9.10. The number of pyridine rings is 1. The molecule has 2 aliphatic rings. The fourth-order valence-electron chi connectivity index (χ4n) is 5.58. The summed E-state index contributed by atoms with van der Waals surface area (Å²) in [5.74, 6) is 0. The van der Waals surface area contributed by atoms with Gasteiger partial charge in [0.05, 0.1) is 0 Å². The number of halogens is 1. The Morgan fingerprint density at radius 3 is 2.80 bits per heavy atom. The number of likely N-dealkylation sites (tertiary alicyclic amines) is 1. The minimum atomic E-state index is 0.179. The van der Waals surface area contributed by atoms with E-state index in [1.165, 1.54) is 19.3 Å². The molecule has 3 nitrogen and oxygen atoms in total. The normalized spacial score (nSPS) is 28.6. The highest BCUT2D eigenvalue weighted by Gasteiger charge is 2.49. The Hall–Kier alpha value is -1.13. The van der Waals surface area contributed by atoms with Crippen molar-refractivity contribution in [2.75, 3.05) is 6.54 Å². The molecule has 4 heteroatoms. The van der Waals surface area contributed by atoms with Crippen molar-refractivity contribution >= 4 is 26.8 Å². The minimum absolute atomic E-state index is 0.179. The third-order valence-corrected chi connectivity index (χ3v) is 6.65. The molecule has 1 N–H and O–H groups in total. The summed E-state index contributed by atoms with van der Waals surface area (Å²) in [6, 6.07) is 6.49. The van der Waals surface area contributed by atoms with Crippen LogP contribution in [0.15, 0.2) is 27.5 Å². The number of hydrogen-bond donors (Lipinski definition) is 1. The van der Waals surface area contributed by atoms with Crippen LogP contribution in [0.1, 0.15) is 51.3 Å². The first-order valence-electron chi connectivity index (χ1n) is 9.21. The summed E-state index contributed by atoms with van der Waals surface area (Å²) < 4.78 is 0.951. The average molecular weight is 403 g/mol. The summed E-state index contributed by atoms with van der Waals surface area (Å²) in [6.07, 6.45) is 3.79. The van der Waals surface area contributed by atoms with Gasteiger partial charge < -0.3 is 4.98 Å². The Bertz CT molecular complexity index is 901. The highest BCUT2D eigenvalue weighted by atomic mass is 79.9. The molecule has 1 saturated carbocycles. The summed E-state index contributed by atoms with van der Waals surface area (Å²) in [4.78, 5) is 19.1. The molecule has 0 amide bonds. The second-order valence-corrected chi connectivity index (χ2v) is 10.3. The van der Waals surface area contributed by atoms with E-state index < -0.39 is 0 Å². The number of H-pyrrole nitrogens is 1. The Balaban J connectivity index is 1.71. The van der Waals surface area contributed by atoms with E-state index in [2.05, 4.69) is 46.6 Å². The summed E-state index contributed by atoms with van der Waals surface area (Å²) in [7, 11) is 0. The summed E-state index contributed by atoms with van der Waals surface area (Å²) in [6.45, 7) is 11.1. The molecular weight excluding hydrogens is 376 g/mol. The van der Waals surface area contributed by atoms with Crippen molar-refractivity contribution < 1.29 is 0 Å². The number of benzene rings is 1. The van der Waals surface area contributed by atoms with E-state index in [-0.39, 0.29) is 5.43 Å². The predicted octanol–water partition coefficient (Wildman–Crippen LogP) is 5.00. The Morgan fingerprint density at radius 2 is 2.04 bits per heavy atom. The van der Waals surface area contributed by atoms with Gasteiger partial charge in [0.2, 0.25) is 0 Å². The van der Waals surface area contributed by atoms with Crippen LogP contribution in [0.4, 0.5) is 0 Å². The highest BCUT2D eigenvalue weighted by Crippen LogP contribution is 2.52. The molecule has 0 spiro atoms. The Morgan fingerprint density at radius 1 is 1.28 bits per heavy atom. The van der Waals surface area contributed by atoms with Crippen LogP contribution in [0.3, 0.4) is 0 Å². The smallest absolute Gasteiger partial charge is 0.194 e. The maximum absolute atomic E-state index is 13.1. The lowest BCUT2D eigenvalue weighted by Gasteiger charge is -2.40. The zero-order valence-electron chi connectivity index (χ0n) is 15.6. The van der Waals surface area contributed by atoms with Crippen molar-refractivity contribution in [3.8, 4) is 0 Å². The summed E-state index contributed by atoms with van der Waals surface area (Å²) in [5.41, 5.74) is 3.83. The van der Waals surface area contributed by atoms with Gasteiger partial charge in [0, 0.05) is 45.8 Å². The van der Waals surface area contributed by atoms with Gasteiger partial charge in [-0.1, -0.05) is 36.7 Å². The second kappa shape index (κ2) is 5.68. The molecule has 1 aliphatic heterocycles. The van der Waals surface area contributed by atoms with E-state index in [0.29, 0.717) is 16.9 Å². The lowest BCUT2D eigenvalue weighted by Crippen LogP contribution is -2.35. The summed E-state index contributed by atoms with van der Waals surface area (Å²) >= 11 is 3.49. The zero-order chi connectivity index (χ0) is 18.0. The molecule has 25 heavy (non-hydrogen) atoms. The molecule has 2 heterocycles. The van der Waals surface area contributed by atoms with Crippen molar-refractivity contribution in [3.05, 3.63) is 44.2 Å². The first kappa shape index (κ1) is 17.3. The molecule has 1 aromatic heterocycles. The van der Waals surface area contributed by atoms with Gasteiger partial charge in [0.1, 0.15) is 0 Å².